The Morgan fingerprint density at radius 1 is 1.23 bits per heavy atom. The van der Waals surface area contributed by atoms with Gasteiger partial charge >= 0.3 is 0 Å². The van der Waals surface area contributed by atoms with Crippen LogP contribution in [0.15, 0.2) is 30.3 Å². The van der Waals surface area contributed by atoms with E-state index in [1.165, 1.54) is 16.9 Å². The number of carbonyl (C=O) groups excluding carboxylic acids is 1. The van der Waals surface area contributed by atoms with Crippen molar-refractivity contribution in [2.75, 3.05) is 32.3 Å². The minimum atomic E-state index is -0.172. The van der Waals surface area contributed by atoms with E-state index in [9.17, 15) is 4.79 Å². The summed E-state index contributed by atoms with van der Waals surface area (Å²) in [6.07, 6.45) is 1.94. The maximum Gasteiger partial charge on any atom is 0.264 e. The molecule has 0 bridgehead atoms. The van der Waals surface area contributed by atoms with Gasteiger partial charge < -0.3 is 14.2 Å². The van der Waals surface area contributed by atoms with Crippen LogP contribution in [0.4, 0.5) is 5.13 Å². The standard InChI is InChI=1S/C23H26N2O4S/c1-14-7-10-20-21(15(14)2)24-23(30-20)25(13-17-6-5-11-29-17)22(26)18-12-16(27-3)8-9-19(18)28-4/h7-10,12,17H,5-6,11,13H2,1-4H3. The van der Waals surface area contributed by atoms with Gasteiger partial charge in [-0.15, -0.1) is 0 Å². The van der Waals surface area contributed by atoms with Crippen LogP contribution in [0.25, 0.3) is 10.2 Å². The number of thiazole rings is 1. The van der Waals surface area contributed by atoms with E-state index in [1.807, 2.05) is 0 Å². The molecule has 1 unspecified atom stereocenters. The summed E-state index contributed by atoms with van der Waals surface area (Å²) < 4.78 is 17.7. The summed E-state index contributed by atoms with van der Waals surface area (Å²) in [4.78, 5) is 20.3. The zero-order chi connectivity index (χ0) is 21.3. The molecule has 0 radical (unpaired) electrons. The zero-order valence-corrected chi connectivity index (χ0v) is 18.5. The summed E-state index contributed by atoms with van der Waals surface area (Å²) in [7, 11) is 3.14. The number of nitrogens with zero attached hydrogens (tertiary/aromatic N) is 2. The third-order valence-electron chi connectivity index (χ3n) is 5.60. The Morgan fingerprint density at radius 3 is 2.77 bits per heavy atom. The highest BCUT2D eigenvalue weighted by Gasteiger charge is 2.29. The predicted molar refractivity (Wildman–Crippen MR) is 119 cm³/mol. The van der Waals surface area contributed by atoms with Crippen LogP contribution in [0.1, 0.15) is 34.3 Å². The van der Waals surface area contributed by atoms with E-state index >= 15 is 0 Å². The number of anilines is 1. The van der Waals surface area contributed by atoms with Crippen LogP contribution in [-0.4, -0.2) is 44.4 Å². The molecule has 30 heavy (non-hydrogen) atoms. The number of hydrogen-bond donors (Lipinski definition) is 0. The first-order chi connectivity index (χ1) is 14.5. The Morgan fingerprint density at radius 2 is 2.07 bits per heavy atom. The number of amides is 1. The van der Waals surface area contributed by atoms with Crippen LogP contribution >= 0.6 is 11.3 Å². The maximum absolute atomic E-state index is 13.7. The molecule has 2 heterocycles. The van der Waals surface area contributed by atoms with Gasteiger partial charge in [0.25, 0.3) is 5.91 Å². The first-order valence-corrected chi connectivity index (χ1v) is 10.9. The molecule has 1 atom stereocenters. The smallest absolute Gasteiger partial charge is 0.264 e. The van der Waals surface area contributed by atoms with Crippen LogP contribution in [0, 0.1) is 13.8 Å². The fraction of sp³-hybridized carbons (Fsp3) is 0.391. The minimum Gasteiger partial charge on any atom is -0.497 e. The van der Waals surface area contributed by atoms with Crippen molar-refractivity contribution < 1.29 is 19.0 Å². The number of ether oxygens (including phenoxy) is 3. The largest absolute Gasteiger partial charge is 0.497 e. The predicted octanol–water partition coefficient (Wildman–Crippen LogP) is 4.76. The lowest BCUT2D eigenvalue weighted by molar-refractivity contribution is 0.0914. The van der Waals surface area contributed by atoms with E-state index in [4.69, 9.17) is 19.2 Å². The van der Waals surface area contributed by atoms with Gasteiger partial charge in [-0.25, -0.2) is 4.98 Å². The van der Waals surface area contributed by atoms with Crippen molar-refractivity contribution in [3.05, 3.63) is 47.0 Å². The van der Waals surface area contributed by atoms with Crippen molar-refractivity contribution in [2.24, 2.45) is 0 Å². The van der Waals surface area contributed by atoms with Crippen molar-refractivity contribution >= 4 is 32.6 Å². The van der Waals surface area contributed by atoms with E-state index in [1.54, 1.807) is 37.3 Å². The Hall–Kier alpha value is -2.64. The molecule has 1 aliphatic rings. The Bertz CT molecular complexity index is 1070. The van der Waals surface area contributed by atoms with Gasteiger partial charge in [0.1, 0.15) is 11.5 Å². The highest BCUT2D eigenvalue weighted by Crippen LogP contribution is 2.35. The lowest BCUT2D eigenvalue weighted by Crippen LogP contribution is -2.37. The molecule has 6 nitrogen and oxygen atoms in total. The van der Waals surface area contributed by atoms with E-state index in [2.05, 4.69) is 26.0 Å². The summed E-state index contributed by atoms with van der Waals surface area (Å²) in [6, 6.07) is 9.41. The molecule has 0 saturated carbocycles. The van der Waals surface area contributed by atoms with Gasteiger partial charge in [-0.05, 0) is 62.1 Å². The molecular weight excluding hydrogens is 400 g/mol. The lowest BCUT2D eigenvalue weighted by Gasteiger charge is -2.24. The van der Waals surface area contributed by atoms with Crippen molar-refractivity contribution in [3.8, 4) is 11.5 Å². The molecule has 7 heteroatoms. The van der Waals surface area contributed by atoms with Crippen molar-refractivity contribution in [1.82, 2.24) is 4.98 Å². The third-order valence-corrected chi connectivity index (χ3v) is 6.64. The molecule has 0 spiro atoms. The van der Waals surface area contributed by atoms with Crippen molar-refractivity contribution in [2.45, 2.75) is 32.8 Å². The molecule has 1 saturated heterocycles. The number of aromatic nitrogens is 1. The first kappa shape index (κ1) is 20.6. The second-order valence-corrected chi connectivity index (χ2v) is 8.48. The van der Waals surface area contributed by atoms with E-state index in [0.717, 1.165) is 35.2 Å². The average molecular weight is 427 g/mol. The van der Waals surface area contributed by atoms with Crippen LogP contribution in [0.3, 0.4) is 0 Å². The van der Waals surface area contributed by atoms with Gasteiger partial charge in [0, 0.05) is 6.61 Å². The van der Waals surface area contributed by atoms with Crippen LogP contribution in [0.5, 0.6) is 11.5 Å². The number of hydrogen-bond acceptors (Lipinski definition) is 6. The summed E-state index contributed by atoms with van der Waals surface area (Å²) in [5.74, 6) is 0.938. The van der Waals surface area contributed by atoms with Crippen LogP contribution in [0.2, 0.25) is 0 Å². The third kappa shape index (κ3) is 3.87. The fourth-order valence-electron chi connectivity index (χ4n) is 3.70. The quantitative estimate of drug-likeness (QED) is 0.569. The molecule has 2 aromatic carbocycles. The van der Waals surface area contributed by atoms with E-state index in [0.29, 0.717) is 28.7 Å². The lowest BCUT2D eigenvalue weighted by atomic mass is 10.1. The number of benzene rings is 2. The molecule has 1 aliphatic heterocycles. The summed E-state index contributed by atoms with van der Waals surface area (Å²) in [6.45, 7) is 5.33. The molecule has 0 N–H and O–H groups in total. The van der Waals surface area contributed by atoms with Crippen molar-refractivity contribution in [1.29, 1.82) is 0 Å². The highest BCUT2D eigenvalue weighted by molar-refractivity contribution is 7.22. The average Bonchev–Trinajstić information content (AvgIpc) is 3.43. The van der Waals surface area contributed by atoms with E-state index in [-0.39, 0.29) is 12.0 Å². The van der Waals surface area contributed by atoms with Gasteiger partial charge in [-0.2, -0.15) is 0 Å². The second kappa shape index (κ2) is 8.62. The normalized spacial score (nSPS) is 16.1. The van der Waals surface area contributed by atoms with Gasteiger partial charge in [-0.3, -0.25) is 9.69 Å². The second-order valence-electron chi connectivity index (χ2n) is 7.47. The zero-order valence-electron chi connectivity index (χ0n) is 17.7. The highest BCUT2D eigenvalue weighted by atomic mass is 32.1. The molecule has 4 rings (SSSR count). The van der Waals surface area contributed by atoms with Crippen LogP contribution < -0.4 is 14.4 Å². The first-order valence-electron chi connectivity index (χ1n) is 10.0. The topological polar surface area (TPSA) is 60.9 Å². The van der Waals surface area contributed by atoms with Gasteiger partial charge in [-0.1, -0.05) is 17.4 Å². The molecule has 0 aliphatic carbocycles. The molecule has 1 amide bonds. The fourth-order valence-corrected chi connectivity index (χ4v) is 4.73. The number of methoxy groups -OCH3 is 2. The van der Waals surface area contributed by atoms with E-state index < -0.39 is 0 Å². The minimum absolute atomic E-state index is 0.000369. The molecular formula is C23H26N2O4S. The van der Waals surface area contributed by atoms with Gasteiger partial charge in [0.15, 0.2) is 5.13 Å². The maximum atomic E-state index is 13.7. The molecule has 1 aromatic heterocycles. The number of fused-ring (bicyclic) bond motifs is 1. The molecule has 158 valence electrons. The summed E-state index contributed by atoms with van der Waals surface area (Å²) in [5.41, 5.74) is 3.71. The molecule has 3 aromatic rings. The Labute approximate surface area is 180 Å². The SMILES string of the molecule is COc1ccc(OC)c(C(=O)N(CC2CCCO2)c2nc3c(C)c(C)ccc3s2)c1. The van der Waals surface area contributed by atoms with Gasteiger partial charge in [0.05, 0.1) is 42.6 Å². The monoisotopic (exact) mass is 426 g/mol. The summed E-state index contributed by atoms with van der Waals surface area (Å²) >= 11 is 1.52. The number of rotatable bonds is 6. The number of carbonyl (C=O) groups is 1. The Kier molecular flexibility index (Phi) is 5.92. The Balaban J connectivity index is 1.79. The van der Waals surface area contributed by atoms with Crippen LogP contribution in [-0.2, 0) is 4.74 Å². The van der Waals surface area contributed by atoms with Gasteiger partial charge in [0.2, 0.25) is 0 Å². The summed E-state index contributed by atoms with van der Waals surface area (Å²) in [5, 5.41) is 0.670. The number of aryl methyl sites for hydroxylation is 2. The van der Waals surface area contributed by atoms with Crippen molar-refractivity contribution in [3.63, 3.8) is 0 Å². The molecule has 1 fully saturated rings.